The summed E-state index contributed by atoms with van der Waals surface area (Å²) in [5.74, 6) is 0. The van der Waals surface area contributed by atoms with Crippen LogP contribution in [0.4, 0.5) is 0 Å². The average molecular weight is 279 g/mol. The van der Waals surface area contributed by atoms with Crippen molar-refractivity contribution in [2.24, 2.45) is 0 Å². The first-order valence-electron chi connectivity index (χ1n) is 0.698. The Bertz CT molecular complexity index is 94.9. The van der Waals surface area contributed by atoms with E-state index in [0.717, 1.165) is 0 Å². The summed E-state index contributed by atoms with van der Waals surface area (Å²) >= 11 is -5.25. The van der Waals surface area contributed by atoms with Gasteiger partial charge >= 0.3 is 98.3 Å². The van der Waals surface area contributed by atoms with Crippen molar-refractivity contribution < 1.29 is 86.4 Å². The molecule has 6 heavy (non-hydrogen) atoms. The summed E-state index contributed by atoms with van der Waals surface area (Å²) in [5, 5.41) is 0. The Morgan fingerprint density at radius 1 is 1.33 bits per heavy atom. The molecule has 2 N–H and O–H groups in total. The van der Waals surface area contributed by atoms with Gasteiger partial charge in [-0.2, -0.15) is 0 Å². The first-order valence-corrected chi connectivity index (χ1v) is 3.63. The van der Waals surface area contributed by atoms with E-state index in [4.69, 9.17) is 16.0 Å². The van der Waals surface area contributed by atoms with Gasteiger partial charge in [-0.05, 0) is 0 Å². The smallest absolute Gasteiger partial charge is 1.00 e. The Balaban J connectivity index is -0.0000000800. The first kappa shape index (κ1) is 11.0. The molecule has 6 heteroatoms. The standard InChI is InChI=1S/Cs.H2O4Se.H/c;1-5(2,3)4;/h;(H2,1,2,3,4);/q+1;;-1. The van der Waals surface area contributed by atoms with Crippen LogP contribution in [0.2, 0.25) is 0 Å². The molecule has 0 aliphatic carbocycles. The van der Waals surface area contributed by atoms with Crippen LogP contribution >= 0.6 is 0 Å². The molecule has 0 aliphatic heterocycles. The van der Waals surface area contributed by atoms with Crippen molar-refractivity contribution in [3.8, 4) is 0 Å². The van der Waals surface area contributed by atoms with Crippen LogP contribution in [0.3, 0.4) is 0 Å². The second kappa shape index (κ2) is 4.02. The molecule has 0 unspecified atom stereocenters. The molecule has 0 bridgehead atoms. The molecule has 0 aromatic rings. The molecule has 0 atom stereocenters. The molecule has 0 amide bonds. The summed E-state index contributed by atoms with van der Waals surface area (Å²) < 4.78 is 31.9. The first-order chi connectivity index (χ1) is 2.00. The third kappa shape index (κ3) is 36.1. The molecule has 0 spiro atoms. The number of hydrogen-bond acceptors (Lipinski definition) is 2. The van der Waals surface area contributed by atoms with Gasteiger partial charge in [0.25, 0.3) is 0 Å². The molecule has 0 aromatic carbocycles. The third-order valence-corrected chi connectivity index (χ3v) is 0. The minimum atomic E-state index is -5.25. The molecule has 0 radical (unpaired) electrons. The van der Waals surface area contributed by atoms with Crippen LogP contribution in [0.15, 0.2) is 0 Å². The van der Waals surface area contributed by atoms with Gasteiger partial charge in [0.1, 0.15) is 0 Å². The molecular formula is H3CsO4Se. The predicted octanol–water partition coefficient (Wildman–Crippen LogP) is -4.62. The van der Waals surface area contributed by atoms with E-state index in [1.165, 1.54) is 0 Å². The zero-order valence-corrected chi connectivity index (χ0v) is 11.1. The van der Waals surface area contributed by atoms with Gasteiger partial charge in [-0.3, -0.25) is 0 Å². The van der Waals surface area contributed by atoms with Crippen LogP contribution in [0.1, 0.15) is 1.43 Å². The molecule has 0 saturated heterocycles. The van der Waals surface area contributed by atoms with Crippen molar-refractivity contribution in [3.05, 3.63) is 0 Å². The zero-order chi connectivity index (χ0) is 4.50. The van der Waals surface area contributed by atoms with Crippen molar-refractivity contribution >= 4 is 13.4 Å². The molecule has 0 fully saturated rings. The number of rotatable bonds is 0. The van der Waals surface area contributed by atoms with Crippen molar-refractivity contribution in [1.29, 1.82) is 0 Å². The molecule has 4 nitrogen and oxygen atoms in total. The van der Waals surface area contributed by atoms with Gasteiger partial charge in [0.2, 0.25) is 0 Å². The monoisotopic (exact) mass is 280 g/mol. The zero-order valence-electron chi connectivity index (χ0n) is 4.12. The minimum absolute atomic E-state index is 0. The van der Waals surface area contributed by atoms with E-state index < -0.39 is 13.4 Å². The Labute approximate surface area is 97.1 Å². The molecular weight excluding hydrogens is 276 g/mol. The fraction of sp³-hybridized carbons (Fsp3) is 0. The molecule has 0 rings (SSSR count). The van der Waals surface area contributed by atoms with Crippen molar-refractivity contribution in [2.45, 2.75) is 0 Å². The summed E-state index contributed by atoms with van der Waals surface area (Å²) in [6, 6.07) is 0. The van der Waals surface area contributed by atoms with E-state index in [2.05, 4.69) is 0 Å². The van der Waals surface area contributed by atoms with Crippen LogP contribution in [-0.2, 0) is 7.67 Å². The van der Waals surface area contributed by atoms with Crippen LogP contribution in [0.5, 0.6) is 0 Å². The molecule has 34 valence electrons. The van der Waals surface area contributed by atoms with Crippen LogP contribution < -0.4 is 68.9 Å². The maximum atomic E-state index is 8.82. The SMILES string of the molecule is O=[Se](=O)(O)O.[Cs+].[H-]. The second-order valence-electron chi connectivity index (χ2n) is 0.448. The molecule has 0 aliphatic rings. The van der Waals surface area contributed by atoms with Gasteiger partial charge in [0.05, 0.1) is 0 Å². The van der Waals surface area contributed by atoms with Gasteiger partial charge in [-0.1, -0.05) is 0 Å². The molecule has 0 aromatic heterocycles. The fourth-order valence-corrected chi connectivity index (χ4v) is 0. The van der Waals surface area contributed by atoms with E-state index in [-0.39, 0.29) is 70.3 Å². The number of hydrogen-bond donors (Lipinski definition) is 2. The maximum Gasteiger partial charge on any atom is 1.00 e. The van der Waals surface area contributed by atoms with E-state index in [1.807, 2.05) is 0 Å². The van der Waals surface area contributed by atoms with Gasteiger partial charge in [-0.15, -0.1) is 0 Å². The van der Waals surface area contributed by atoms with Crippen molar-refractivity contribution in [2.75, 3.05) is 0 Å². The summed E-state index contributed by atoms with van der Waals surface area (Å²) in [4.78, 5) is 0. The van der Waals surface area contributed by atoms with Crippen LogP contribution in [0, 0.1) is 0 Å². The van der Waals surface area contributed by atoms with E-state index in [1.54, 1.807) is 0 Å². The van der Waals surface area contributed by atoms with E-state index in [0.29, 0.717) is 0 Å². The second-order valence-corrected chi connectivity index (χ2v) is 2.33. The maximum absolute atomic E-state index is 8.82. The van der Waals surface area contributed by atoms with Crippen molar-refractivity contribution in [3.63, 3.8) is 0 Å². The van der Waals surface area contributed by atoms with Crippen LogP contribution in [-0.4, -0.2) is 21.7 Å². The van der Waals surface area contributed by atoms with Gasteiger partial charge in [-0.25, -0.2) is 0 Å². The van der Waals surface area contributed by atoms with Gasteiger partial charge < -0.3 is 1.43 Å². The predicted molar refractivity (Wildman–Crippen MR) is 12.7 cm³/mol. The topological polar surface area (TPSA) is 74.6 Å². The Kier molecular flexibility index (Phi) is 7.35. The van der Waals surface area contributed by atoms with E-state index >= 15 is 0 Å². The van der Waals surface area contributed by atoms with Crippen LogP contribution in [0.25, 0.3) is 0 Å². The summed E-state index contributed by atoms with van der Waals surface area (Å²) in [6.45, 7) is 0. The Morgan fingerprint density at radius 2 is 1.33 bits per heavy atom. The quantitative estimate of drug-likeness (QED) is 0.437. The van der Waals surface area contributed by atoms with Gasteiger partial charge in [0.15, 0.2) is 0 Å². The Hall–Kier alpha value is 2.09. The fourth-order valence-electron chi connectivity index (χ4n) is 0. The normalized spacial score (nSPS) is 9.67. The van der Waals surface area contributed by atoms with E-state index in [9.17, 15) is 0 Å². The largest absolute Gasteiger partial charge is 1.00 e. The third-order valence-electron chi connectivity index (χ3n) is 0. The summed E-state index contributed by atoms with van der Waals surface area (Å²) in [7, 11) is 0. The molecule has 0 saturated carbocycles. The van der Waals surface area contributed by atoms with Gasteiger partial charge in [0, 0.05) is 0 Å². The van der Waals surface area contributed by atoms with Crippen molar-refractivity contribution in [1.82, 2.24) is 0 Å². The minimum Gasteiger partial charge on any atom is -1.00 e. The summed E-state index contributed by atoms with van der Waals surface area (Å²) in [6.07, 6.45) is 0. The Morgan fingerprint density at radius 3 is 1.33 bits per heavy atom. The summed E-state index contributed by atoms with van der Waals surface area (Å²) in [5.41, 5.74) is 0. The molecule has 0 heterocycles. The average Bonchev–Trinajstić information content (AvgIpc) is 0.722.